The Bertz CT molecular complexity index is 829. The monoisotopic (exact) mass is 391 g/mol. The molecule has 2 aromatic rings. The van der Waals surface area contributed by atoms with Gasteiger partial charge in [-0.2, -0.15) is 0 Å². The van der Waals surface area contributed by atoms with Crippen molar-refractivity contribution < 1.29 is 24.4 Å². The number of halogens is 1. The number of carboxylic acid groups (broad SMARTS) is 1. The smallest absolute Gasteiger partial charge is 0.339 e. The highest BCUT2D eigenvalue weighted by molar-refractivity contribution is 9.10. The van der Waals surface area contributed by atoms with Gasteiger partial charge in [-0.15, -0.1) is 0 Å². The largest absolute Gasteiger partial charge is 0.478 e. The Kier molecular flexibility index (Phi) is 5.43. The number of carbonyl (C=O) groups is 2. The Labute approximate surface area is 144 Å². The van der Waals surface area contributed by atoms with Crippen LogP contribution in [-0.4, -0.2) is 22.0 Å². The summed E-state index contributed by atoms with van der Waals surface area (Å²) in [5.74, 6) is -2.07. The quantitative estimate of drug-likeness (QED) is 0.274. The molecular formula is C16H10BrNO6. The maximum atomic E-state index is 11.8. The second-order valence-corrected chi connectivity index (χ2v) is 5.46. The first-order valence-corrected chi connectivity index (χ1v) is 7.33. The van der Waals surface area contributed by atoms with E-state index in [1.807, 2.05) is 0 Å². The van der Waals surface area contributed by atoms with Crippen LogP contribution in [0.25, 0.3) is 6.08 Å². The third kappa shape index (κ3) is 4.50. The lowest BCUT2D eigenvalue weighted by molar-refractivity contribution is -0.384. The predicted octanol–water partition coefficient (Wildman–Crippen LogP) is 3.67. The van der Waals surface area contributed by atoms with E-state index in [1.165, 1.54) is 42.5 Å². The molecule has 2 rings (SSSR count). The van der Waals surface area contributed by atoms with E-state index >= 15 is 0 Å². The number of nitro groups is 1. The number of nitro benzene ring substituents is 1. The van der Waals surface area contributed by atoms with Gasteiger partial charge in [-0.1, -0.05) is 15.9 Å². The van der Waals surface area contributed by atoms with Gasteiger partial charge in [-0.3, -0.25) is 10.1 Å². The number of hydrogen-bond acceptors (Lipinski definition) is 5. The van der Waals surface area contributed by atoms with Gasteiger partial charge in [-0.25, -0.2) is 9.59 Å². The van der Waals surface area contributed by atoms with E-state index in [-0.39, 0.29) is 17.0 Å². The van der Waals surface area contributed by atoms with Crippen molar-refractivity contribution in [3.63, 3.8) is 0 Å². The van der Waals surface area contributed by atoms with Crippen molar-refractivity contribution in [3.8, 4) is 5.75 Å². The molecular weight excluding hydrogens is 382 g/mol. The van der Waals surface area contributed by atoms with E-state index in [1.54, 1.807) is 6.07 Å². The molecule has 24 heavy (non-hydrogen) atoms. The summed E-state index contributed by atoms with van der Waals surface area (Å²) >= 11 is 3.14. The first-order chi connectivity index (χ1) is 11.4. The second-order valence-electron chi connectivity index (χ2n) is 4.55. The summed E-state index contributed by atoms with van der Waals surface area (Å²) < 4.78 is 5.55. The number of hydrogen-bond donors (Lipinski definition) is 1. The summed E-state index contributed by atoms with van der Waals surface area (Å²) in [4.78, 5) is 33.0. The van der Waals surface area contributed by atoms with Crippen LogP contribution in [0.3, 0.4) is 0 Å². The lowest BCUT2D eigenvalue weighted by Crippen LogP contribution is -2.08. The number of rotatable bonds is 5. The Morgan fingerprint density at radius 3 is 2.42 bits per heavy atom. The molecule has 0 aromatic heterocycles. The van der Waals surface area contributed by atoms with E-state index in [0.29, 0.717) is 10.0 Å². The molecule has 0 amide bonds. The van der Waals surface area contributed by atoms with Crippen molar-refractivity contribution in [1.82, 2.24) is 0 Å². The van der Waals surface area contributed by atoms with Gasteiger partial charge in [0.2, 0.25) is 0 Å². The highest BCUT2D eigenvalue weighted by atomic mass is 79.9. The van der Waals surface area contributed by atoms with Gasteiger partial charge in [0.1, 0.15) is 11.3 Å². The van der Waals surface area contributed by atoms with Crippen LogP contribution >= 0.6 is 15.9 Å². The summed E-state index contributed by atoms with van der Waals surface area (Å²) in [6.45, 7) is 0. The molecule has 0 radical (unpaired) electrons. The lowest BCUT2D eigenvalue weighted by atomic mass is 10.2. The minimum Gasteiger partial charge on any atom is -0.478 e. The van der Waals surface area contributed by atoms with E-state index in [0.717, 1.165) is 6.08 Å². The second kappa shape index (κ2) is 7.51. The van der Waals surface area contributed by atoms with E-state index in [4.69, 9.17) is 9.84 Å². The maximum absolute atomic E-state index is 11.8. The SMILES string of the molecule is O=C(/C=C/c1ccc([N+](=O)[O-])cc1)Oc1ccc(Br)cc1C(=O)O. The van der Waals surface area contributed by atoms with Crippen LogP contribution in [0.1, 0.15) is 15.9 Å². The Morgan fingerprint density at radius 2 is 1.83 bits per heavy atom. The first kappa shape index (κ1) is 17.4. The number of nitrogens with zero attached hydrogens (tertiary/aromatic N) is 1. The third-order valence-corrected chi connectivity index (χ3v) is 3.39. The molecule has 0 atom stereocenters. The van der Waals surface area contributed by atoms with E-state index in [9.17, 15) is 19.7 Å². The molecule has 8 heteroatoms. The summed E-state index contributed by atoms with van der Waals surface area (Å²) in [7, 11) is 0. The van der Waals surface area contributed by atoms with Gasteiger partial charge in [-0.05, 0) is 42.0 Å². The van der Waals surface area contributed by atoms with Crippen molar-refractivity contribution in [2.75, 3.05) is 0 Å². The van der Waals surface area contributed by atoms with Gasteiger partial charge >= 0.3 is 11.9 Å². The van der Waals surface area contributed by atoms with Crippen molar-refractivity contribution in [3.05, 3.63) is 74.3 Å². The molecule has 0 bridgehead atoms. The molecule has 0 aliphatic carbocycles. The minimum absolute atomic E-state index is 0.0595. The molecule has 0 spiro atoms. The summed E-state index contributed by atoms with van der Waals surface area (Å²) in [5, 5.41) is 19.7. The molecule has 1 N–H and O–H groups in total. The summed E-state index contributed by atoms with van der Waals surface area (Å²) in [5.41, 5.74) is 0.351. The Balaban J connectivity index is 2.10. The van der Waals surface area contributed by atoms with Crippen molar-refractivity contribution in [2.24, 2.45) is 0 Å². The average Bonchev–Trinajstić information content (AvgIpc) is 2.54. The van der Waals surface area contributed by atoms with Crippen molar-refractivity contribution in [1.29, 1.82) is 0 Å². The van der Waals surface area contributed by atoms with Crippen LogP contribution in [0, 0.1) is 10.1 Å². The fourth-order valence-electron chi connectivity index (χ4n) is 1.77. The van der Waals surface area contributed by atoms with Crippen LogP contribution in [0.4, 0.5) is 5.69 Å². The average molecular weight is 392 g/mol. The molecule has 0 saturated heterocycles. The number of aromatic carboxylic acids is 1. The fourth-order valence-corrected chi connectivity index (χ4v) is 2.13. The Hall–Kier alpha value is -3.00. The topological polar surface area (TPSA) is 107 Å². The molecule has 122 valence electrons. The number of non-ortho nitro benzene ring substituents is 1. The fraction of sp³-hybridized carbons (Fsp3) is 0. The van der Waals surface area contributed by atoms with Gasteiger partial charge in [0.15, 0.2) is 0 Å². The molecule has 0 unspecified atom stereocenters. The van der Waals surface area contributed by atoms with Gasteiger partial charge in [0, 0.05) is 22.7 Å². The maximum Gasteiger partial charge on any atom is 0.339 e. The zero-order valence-corrected chi connectivity index (χ0v) is 13.6. The zero-order valence-electron chi connectivity index (χ0n) is 12.0. The minimum atomic E-state index is -1.22. The zero-order chi connectivity index (χ0) is 17.7. The first-order valence-electron chi connectivity index (χ1n) is 6.54. The van der Waals surface area contributed by atoms with E-state index in [2.05, 4.69) is 15.9 Å². The molecule has 0 fully saturated rings. The number of esters is 1. The van der Waals surface area contributed by atoms with Crippen LogP contribution < -0.4 is 4.74 Å². The summed E-state index contributed by atoms with van der Waals surface area (Å²) in [6.07, 6.45) is 2.51. The highest BCUT2D eigenvalue weighted by Gasteiger charge is 2.14. The number of ether oxygens (including phenoxy) is 1. The number of carboxylic acids is 1. The van der Waals surface area contributed by atoms with Gasteiger partial charge in [0.25, 0.3) is 5.69 Å². The van der Waals surface area contributed by atoms with Crippen LogP contribution in [0.2, 0.25) is 0 Å². The van der Waals surface area contributed by atoms with Gasteiger partial charge < -0.3 is 9.84 Å². The molecule has 0 saturated carbocycles. The highest BCUT2D eigenvalue weighted by Crippen LogP contribution is 2.23. The number of benzene rings is 2. The Morgan fingerprint density at radius 1 is 1.17 bits per heavy atom. The van der Waals surface area contributed by atoms with Crippen LogP contribution in [0.15, 0.2) is 53.0 Å². The molecule has 0 aliphatic heterocycles. The van der Waals surface area contributed by atoms with Crippen LogP contribution in [0.5, 0.6) is 5.75 Å². The lowest BCUT2D eigenvalue weighted by Gasteiger charge is -2.05. The summed E-state index contributed by atoms with van der Waals surface area (Å²) in [6, 6.07) is 9.81. The molecule has 0 heterocycles. The standard InChI is InChI=1S/C16H10BrNO6/c17-11-4-7-14(13(9-11)16(20)21)24-15(19)8-3-10-1-5-12(6-2-10)18(22)23/h1-9H,(H,20,21)/b8-3+. The van der Waals surface area contributed by atoms with Crippen molar-refractivity contribution in [2.45, 2.75) is 0 Å². The van der Waals surface area contributed by atoms with E-state index < -0.39 is 16.9 Å². The molecule has 7 nitrogen and oxygen atoms in total. The van der Waals surface area contributed by atoms with Crippen LogP contribution in [-0.2, 0) is 4.79 Å². The third-order valence-electron chi connectivity index (χ3n) is 2.90. The normalized spacial score (nSPS) is 10.5. The molecule has 0 aliphatic rings. The van der Waals surface area contributed by atoms with Gasteiger partial charge in [0.05, 0.1) is 4.92 Å². The van der Waals surface area contributed by atoms with Crippen molar-refractivity contribution >= 4 is 39.6 Å². The number of carbonyl (C=O) groups excluding carboxylic acids is 1. The predicted molar refractivity (Wildman–Crippen MR) is 88.9 cm³/mol. The molecule has 2 aromatic carbocycles.